The van der Waals surface area contributed by atoms with Gasteiger partial charge in [0.2, 0.25) is 0 Å². The van der Waals surface area contributed by atoms with E-state index in [1.165, 1.54) is 5.56 Å². The Bertz CT molecular complexity index is 413. The van der Waals surface area contributed by atoms with Crippen LogP contribution >= 0.6 is 15.9 Å². The van der Waals surface area contributed by atoms with Crippen LogP contribution in [0.1, 0.15) is 25.0 Å². The minimum Gasteiger partial charge on any atom is -0.493 e. The van der Waals surface area contributed by atoms with Crippen LogP contribution in [-0.4, -0.2) is 18.8 Å². The minimum absolute atomic E-state index is 0.296. The van der Waals surface area contributed by atoms with Crippen LogP contribution in [0.2, 0.25) is 0 Å². The third-order valence-electron chi connectivity index (χ3n) is 2.56. The highest BCUT2D eigenvalue weighted by Gasteiger charge is 2.18. The molecule has 17 heavy (non-hydrogen) atoms. The number of rotatable bonds is 4. The highest BCUT2D eigenvalue weighted by atomic mass is 79.9. The predicted molar refractivity (Wildman–Crippen MR) is 71.3 cm³/mol. The normalized spacial score (nSPS) is 14.6. The Labute approximate surface area is 110 Å². The highest BCUT2D eigenvalue weighted by Crippen LogP contribution is 2.33. The van der Waals surface area contributed by atoms with E-state index >= 15 is 0 Å². The van der Waals surface area contributed by atoms with Crippen LogP contribution in [0.25, 0.3) is 0 Å². The summed E-state index contributed by atoms with van der Waals surface area (Å²) < 4.78 is 12.3. The van der Waals surface area contributed by atoms with Crippen molar-refractivity contribution in [3.8, 4) is 5.75 Å². The van der Waals surface area contributed by atoms with Gasteiger partial charge in [0.15, 0.2) is 0 Å². The van der Waals surface area contributed by atoms with Gasteiger partial charge in [-0.05, 0) is 31.5 Å². The van der Waals surface area contributed by atoms with E-state index in [0.717, 1.165) is 28.8 Å². The summed E-state index contributed by atoms with van der Waals surface area (Å²) in [6, 6.07) is 4.16. The van der Waals surface area contributed by atoms with Crippen molar-refractivity contribution >= 4 is 15.9 Å². The lowest BCUT2D eigenvalue weighted by Gasteiger charge is -2.18. The molecule has 1 aliphatic rings. The fraction of sp³-hybridized carbons (Fsp3) is 0.538. The summed E-state index contributed by atoms with van der Waals surface area (Å²) in [5, 5.41) is 0. The molecule has 2 rings (SSSR count). The first-order valence-electron chi connectivity index (χ1n) is 5.76. The molecule has 0 saturated heterocycles. The van der Waals surface area contributed by atoms with E-state index in [2.05, 4.69) is 22.0 Å². The predicted octanol–water partition coefficient (Wildman–Crippen LogP) is 2.64. The Kier molecular flexibility index (Phi) is 3.76. The summed E-state index contributed by atoms with van der Waals surface area (Å²) in [6.45, 7) is 5.75. The average molecular weight is 300 g/mol. The van der Waals surface area contributed by atoms with Crippen LogP contribution < -0.4 is 10.5 Å². The molecule has 3 nitrogen and oxygen atoms in total. The quantitative estimate of drug-likeness (QED) is 0.929. The monoisotopic (exact) mass is 299 g/mol. The first-order chi connectivity index (χ1) is 7.96. The van der Waals surface area contributed by atoms with E-state index in [1.807, 2.05) is 19.9 Å². The summed E-state index contributed by atoms with van der Waals surface area (Å²) in [5.74, 6) is 0.989. The summed E-state index contributed by atoms with van der Waals surface area (Å²) >= 11 is 3.51. The number of halogens is 1. The maximum atomic E-state index is 5.88. The van der Waals surface area contributed by atoms with Crippen molar-refractivity contribution in [2.24, 2.45) is 5.73 Å². The second-order valence-corrected chi connectivity index (χ2v) is 6.05. The van der Waals surface area contributed by atoms with Crippen molar-refractivity contribution in [3.63, 3.8) is 0 Å². The standard InChI is InChI=1S/C13H18BrNO2/c1-13(2,15)8-16-7-10-6-11(14)5-9-3-4-17-12(9)10/h5-6H,3-4,7-8,15H2,1-2H3. The van der Waals surface area contributed by atoms with Crippen LogP contribution in [-0.2, 0) is 17.8 Å². The average Bonchev–Trinajstić information content (AvgIpc) is 2.63. The molecule has 0 aliphatic carbocycles. The van der Waals surface area contributed by atoms with E-state index < -0.39 is 0 Å². The first-order valence-corrected chi connectivity index (χ1v) is 6.56. The van der Waals surface area contributed by atoms with Crippen molar-refractivity contribution < 1.29 is 9.47 Å². The van der Waals surface area contributed by atoms with Gasteiger partial charge in [-0.1, -0.05) is 15.9 Å². The molecule has 0 spiro atoms. The molecule has 1 heterocycles. The molecule has 0 radical (unpaired) electrons. The molecule has 0 fully saturated rings. The maximum absolute atomic E-state index is 5.88. The topological polar surface area (TPSA) is 44.5 Å². The Morgan fingerprint density at radius 3 is 2.94 bits per heavy atom. The van der Waals surface area contributed by atoms with Crippen LogP contribution in [0, 0.1) is 0 Å². The van der Waals surface area contributed by atoms with Crippen molar-refractivity contribution in [2.75, 3.05) is 13.2 Å². The summed E-state index contributed by atoms with van der Waals surface area (Å²) in [7, 11) is 0. The van der Waals surface area contributed by atoms with Crippen LogP contribution in [0.3, 0.4) is 0 Å². The van der Waals surface area contributed by atoms with E-state index in [-0.39, 0.29) is 5.54 Å². The molecule has 0 amide bonds. The highest BCUT2D eigenvalue weighted by molar-refractivity contribution is 9.10. The molecule has 94 valence electrons. The lowest BCUT2D eigenvalue weighted by molar-refractivity contribution is 0.0836. The van der Waals surface area contributed by atoms with Gasteiger partial charge in [0, 0.05) is 22.0 Å². The van der Waals surface area contributed by atoms with E-state index in [1.54, 1.807) is 0 Å². The van der Waals surface area contributed by atoms with Gasteiger partial charge < -0.3 is 15.2 Å². The van der Waals surface area contributed by atoms with Gasteiger partial charge in [0.05, 0.1) is 19.8 Å². The van der Waals surface area contributed by atoms with Crippen LogP contribution in [0.4, 0.5) is 0 Å². The van der Waals surface area contributed by atoms with Gasteiger partial charge in [0.1, 0.15) is 5.75 Å². The Balaban J connectivity index is 2.06. The molecule has 0 aromatic heterocycles. The molecule has 2 N–H and O–H groups in total. The van der Waals surface area contributed by atoms with Gasteiger partial charge >= 0.3 is 0 Å². The van der Waals surface area contributed by atoms with E-state index in [0.29, 0.717) is 13.2 Å². The third kappa shape index (κ3) is 3.44. The molecule has 0 bridgehead atoms. The summed E-state index contributed by atoms with van der Waals surface area (Å²) in [6.07, 6.45) is 0.976. The first kappa shape index (κ1) is 12.9. The molecule has 1 aromatic rings. The zero-order chi connectivity index (χ0) is 12.5. The Morgan fingerprint density at radius 2 is 2.24 bits per heavy atom. The maximum Gasteiger partial charge on any atom is 0.128 e. The second-order valence-electron chi connectivity index (χ2n) is 5.13. The van der Waals surface area contributed by atoms with E-state index in [4.69, 9.17) is 15.2 Å². The number of fused-ring (bicyclic) bond motifs is 1. The van der Waals surface area contributed by atoms with Crippen LogP contribution in [0.5, 0.6) is 5.75 Å². The SMILES string of the molecule is CC(C)(N)COCc1cc(Br)cc2c1OCC2. The lowest BCUT2D eigenvalue weighted by Crippen LogP contribution is -2.37. The van der Waals surface area contributed by atoms with Crippen molar-refractivity contribution in [3.05, 3.63) is 27.7 Å². The van der Waals surface area contributed by atoms with Crippen molar-refractivity contribution in [1.82, 2.24) is 0 Å². The number of nitrogens with two attached hydrogens (primary N) is 1. The Morgan fingerprint density at radius 1 is 1.47 bits per heavy atom. The minimum atomic E-state index is -0.296. The number of hydrogen-bond acceptors (Lipinski definition) is 3. The van der Waals surface area contributed by atoms with Crippen molar-refractivity contribution in [2.45, 2.75) is 32.4 Å². The molecular formula is C13H18BrNO2. The summed E-state index contributed by atoms with van der Waals surface area (Å²) in [4.78, 5) is 0. The molecular weight excluding hydrogens is 282 g/mol. The molecule has 1 aliphatic heterocycles. The zero-order valence-electron chi connectivity index (χ0n) is 10.3. The molecule has 0 saturated carbocycles. The van der Waals surface area contributed by atoms with Crippen LogP contribution in [0.15, 0.2) is 16.6 Å². The number of benzene rings is 1. The van der Waals surface area contributed by atoms with Gasteiger partial charge in [0.25, 0.3) is 0 Å². The fourth-order valence-electron chi connectivity index (χ4n) is 1.88. The van der Waals surface area contributed by atoms with Gasteiger partial charge in [-0.15, -0.1) is 0 Å². The third-order valence-corrected chi connectivity index (χ3v) is 3.01. The molecule has 0 atom stereocenters. The van der Waals surface area contributed by atoms with Gasteiger partial charge in [-0.2, -0.15) is 0 Å². The molecule has 1 aromatic carbocycles. The second kappa shape index (κ2) is 4.96. The lowest BCUT2D eigenvalue weighted by atomic mass is 10.1. The number of ether oxygens (including phenoxy) is 2. The van der Waals surface area contributed by atoms with E-state index in [9.17, 15) is 0 Å². The molecule has 0 unspecified atom stereocenters. The fourth-order valence-corrected chi connectivity index (χ4v) is 2.43. The Hall–Kier alpha value is -0.580. The molecule has 4 heteroatoms. The number of hydrogen-bond donors (Lipinski definition) is 1. The van der Waals surface area contributed by atoms with Gasteiger partial charge in [-0.3, -0.25) is 0 Å². The zero-order valence-corrected chi connectivity index (χ0v) is 11.8. The van der Waals surface area contributed by atoms with Crippen molar-refractivity contribution in [1.29, 1.82) is 0 Å². The van der Waals surface area contributed by atoms with Gasteiger partial charge in [-0.25, -0.2) is 0 Å². The largest absolute Gasteiger partial charge is 0.493 e. The smallest absolute Gasteiger partial charge is 0.128 e. The summed E-state index contributed by atoms with van der Waals surface area (Å²) in [5.41, 5.74) is 7.93.